The highest BCUT2D eigenvalue weighted by molar-refractivity contribution is 7.99. The van der Waals surface area contributed by atoms with Crippen LogP contribution in [-0.4, -0.2) is 13.2 Å². The van der Waals surface area contributed by atoms with Gasteiger partial charge >= 0.3 is 0 Å². The molecule has 1 fully saturated rings. The number of ether oxygens (including phenoxy) is 1. The van der Waals surface area contributed by atoms with Crippen LogP contribution in [0.25, 0.3) is 0 Å². The zero-order valence-electron chi connectivity index (χ0n) is 12.6. The molecule has 21 heavy (non-hydrogen) atoms. The summed E-state index contributed by atoms with van der Waals surface area (Å²) in [6, 6.07) is 15.7. The molecule has 2 aromatic rings. The summed E-state index contributed by atoms with van der Waals surface area (Å²) in [5.74, 6) is 0.905. The van der Waals surface area contributed by atoms with Gasteiger partial charge in [-0.2, -0.15) is 0 Å². The van der Waals surface area contributed by atoms with Gasteiger partial charge in [0.15, 0.2) is 0 Å². The molecule has 3 rings (SSSR count). The molecule has 0 unspecified atom stereocenters. The van der Waals surface area contributed by atoms with Crippen molar-refractivity contribution in [2.75, 3.05) is 7.11 Å². The van der Waals surface area contributed by atoms with Gasteiger partial charge in [0.2, 0.25) is 0 Å². The lowest BCUT2D eigenvalue weighted by Gasteiger charge is -2.10. The summed E-state index contributed by atoms with van der Waals surface area (Å²) >= 11 is 1.79. The van der Waals surface area contributed by atoms with E-state index >= 15 is 0 Å². The van der Waals surface area contributed by atoms with Gasteiger partial charge in [-0.15, -0.1) is 0 Å². The molecule has 0 aliphatic heterocycles. The number of hydrogen-bond donors (Lipinski definition) is 1. The predicted octanol–water partition coefficient (Wildman–Crippen LogP) is 4.41. The summed E-state index contributed by atoms with van der Waals surface area (Å²) in [4.78, 5) is 2.51. The van der Waals surface area contributed by atoms with Crippen LogP contribution in [0.3, 0.4) is 0 Å². The minimum absolute atomic E-state index is 0.760. The molecular formula is C18H21NOS. The number of hydrogen-bond acceptors (Lipinski definition) is 3. The Hall–Kier alpha value is -1.45. The van der Waals surface area contributed by atoms with Gasteiger partial charge in [0, 0.05) is 22.4 Å². The first-order valence-electron chi connectivity index (χ1n) is 7.39. The Morgan fingerprint density at radius 2 is 2.05 bits per heavy atom. The summed E-state index contributed by atoms with van der Waals surface area (Å²) in [5, 5.41) is 3.56. The number of rotatable bonds is 6. The van der Waals surface area contributed by atoms with Crippen LogP contribution in [0.15, 0.2) is 52.3 Å². The third-order valence-electron chi connectivity index (χ3n) is 3.68. The number of benzene rings is 2. The number of nitrogens with one attached hydrogen (secondary N) is 1. The Bertz CT molecular complexity index is 622. The van der Waals surface area contributed by atoms with E-state index in [1.807, 2.05) is 12.1 Å². The second-order valence-corrected chi connectivity index (χ2v) is 6.65. The molecule has 0 radical (unpaired) electrons. The Kier molecular flexibility index (Phi) is 4.51. The van der Waals surface area contributed by atoms with Crippen LogP contribution in [-0.2, 0) is 6.54 Å². The Balaban J connectivity index is 1.69. The standard InChI is InChI=1S/C18H21NOS/c1-13-10-14(12-19-15-7-8-15)6-9-18(13)21-17-5-3-4-16(11-17)20-2/h3-6,9-11,15,19H,7-8,12H2,1-2H3. The number of methoxy groups -OCH3 is 1. The van der Waals surface area contributed by atoms with Gasteiger partial charge in [-0.3, -0.25) is 0 Å². The zero-order chi connectivity index (χ0) is 14.7. The van der Waals surface area contributed by atoms with E-state index in [9.17, 15) is 0 Å². The van der Waals surface area contributed by atoms with Crippen LogP contribution in [0.4, 0.5) is 0 Å². The Labute approximate surface area is 130 Å². The number of aryl methyl sites for hydroxylation is 1. The van der Waals surface area contributed by atoms with Crippen molar-refractivity contribution < 1.29 is 4.74 Å². The molecule has 0 spiro atoms. The van der Waals surface area contributed by atoms with Crippen LogP contribution in [0, 0.1) is 6.92 Å². The third-order valence-corrected chi connectivity index (χ3v) is 4.85. The molecule has 0 atom stereocenters. The van der Waals surface area contributed by atoms with E-state index in [2.05, 4.69) is 42.6 Å². The van der Waals surface area contributed by atoms with Crippen molar-refractivity contribution in [1.29, 1.82) is 0 Å². The highest BCUT2D eigenvalue weighted by Crippen LogP contribution is 2.32. The summed E-state index contributed by atoms with van der Waals surface area (Å²) in [7, 11) is 1.71. The smallest absolute Gasteiger partial charge is 0.119 e. The van der Waals surface area contributed by atoms with Gasteiger partial charge in [0.1, 0.15) is 5.75 Å². The maximum atomic E-state index is 5.28. The molecule has 0 amide bonds. The predicted molar refractivity (Wildman–Crippen MR) is 88.2 cm³/mol. The maximum absolute atomic E-state index is 5.28. The molecule has 0 bridgehead atoms. The second-order valence-electron chi connectivity index (χ2n) is 5.54. The Morgan fingerprint density at radius 1 is 1.19 bits per heavy atom. The highest BCUT2D eigenvalue weighted by atomic mass is 32.2. The quantitative estimate of drug-likeness (QED) is 0.854. The molecule has 0 heterocycles. The molecule has 1 aliphatic rings. The van der Waals surface area contributed by atoms with Crippen molar-refractivity contribution in [1.82, 2.24) is 5.32 Å². The van der Waals surface area contributed by atoms with Crippen LogP contribution in [0.5, 0.6) is 5.75 Å². The van der Waals surface area contributed by atoms with Crippen molar-refractivity contribution in [3.05, 3.63) is 53.6 Å². The zero-order valence-corrected chi connectivity index (χ0v) is 13.4. The molecule has 2 aromatic carbocycles. The average Bonchev–Trinajstić information content (AvgIpc) is 3.32. The van der Waals surface area contributed by atoms with E-state index in [0.29, 0.717) is 0 Å². The molecule has 3 heteroatoms. The first-order valence-corrected chi connectivity index (χ1v) is 8.21. The van der Waals surface area contributed by atoms with Crippen molar-refractivity contribution in [3.63, 3.8) is 0 Å². The molecule has 1 N–H and O–H groups in total. The second kappa shape index (κ2) is 6.54. The van der Waals surface area contributed by atoms with Gasteiger partial charge < -0.3 is 10.1 Å². The lowest BCUT2D eigenvalue weighted by Crippen LogP contribution is -2.15. The van der Waals surface area contributed by atoms with Gasteiger partial charge in [0.25, 0.3) is 0 Å². The fraction of sp³-hybridized carbons (Fsp3) is 0.333. The molecule has 110 valence electrons. The van der Waals surface area contributed by atoms with E-state index in [4.69, 9.17) is 4.74 Å². The largest absolute Gasteiger partial charge is 0.497 e. The minimum Gasteiger partial charge on any atom is -0.497 e. The van der Waals surface area contributed by atoms with Crippen molar-refractivity contribution in [3.8, 4) is 5.75 Å². The summed E-state index contributed by atoms with van der Waals surface area (Å²) < 4.78 is 5.28. The van der Waals surface area contributed by atoms with E-state index in [1.165, 1.54) is 33.8 Å². The van der Waals surface area contributed by atoms with E-state index in [0.717, 1.165) is 18.3 Å². The lowest BCUT2D eigenvalue weighted by atomic mass is 10.1. The summed E-state index contributed by atoms with van der Waals surface area (Å²) in [6.45, 7) is 3.17. The molecular weight excluding hydrogens is 278 g/mol. The minimum atomic E-state index is 0.760. The van der Waals surface area contributed by atoms with Gasteiger partial charge in [-0.25, -0.2) is 0 Å². The monoisotopic (exact) mass is 299 g/mol. The Morgan fingerprint density at radius 3 is 2.76 bits per heavy atom. The van der Waals surface area contributed by atoms with Crippen LogP contribution < -0.4 is 10.1 Å². The topological polar surface area (TPSA) is 21.3 Å². The molecule has 2 nitrogen and oxygen atoms in total. The fourth-order valence-corrected chi connectivity index (χ4v) is 3.21. The summed E-state index contributed by atoms with van der Waals surface area (Å²) in [5.41, 5.74) is 2.70. The fourth-order valence-electron chi connectivity index (χ4n) is 2.28. The lowest BCUT2D eigenvalue weighted by molar-refractivity contribution is 0.413. The van der Waals surface area contributed by atoms with Crippen molar-refractivity contribution in [2.24, 2.45) is 0 Å². The maximum Gasteiger partial charge on any atom is 0.119 e. The van der Waals surface area contributed by atoms with Crippen LogP contribution in [0.2, 0.25) is 0 Å². The SMILES string of the molecule is COc1cccc(Sc2ccc(CNC3CC3)cc2C)c1. The van der Waals surface area contributed by atoms with Crippen molar-refractivity contribution in [2.45, 2.75) is 42.1 Å². The van der Waals surface area contributed by atoms with Gasteiger partial charge in [-0.05, 0) is 55.2 Å². The normalized spacial score (nSPS) is 14.2. The highest BCUT2D eigenvalue weighted by Gasteiger charge is 2.19. The van der Waals surface area contributed by atoms with E-state index in [1.54, 1.807) is 18.9 Å². The molecule has 0 aromatic heterocycles. The van der Waals surface area contributed by atoms with Crippen LogP contribution in [0.1, 0.15) is 24.0 Å². The van der Waals surface area contributed by atoms with Crippen molar-refractivity contribution >= 4 is 11.8 Å². The third kappa shape index (κ3) is 4.02. The molecule has 1 aliphatic carbocycles. The molecule has 0 saturated heterocycles. The van der Waals surface area contributed by atoms with Crippen LogP contribution >= 0.6 is 11.8 Å². The summed E-state index contributed by atoms with van der Waals surface area (Å²) in [6.07, 6.45) is 2.67. The van der Waals surface area contributed by atoms with Gasteiger partial charge in [0.05, 0.1) is 7.11 Å². The first kappa shape index (κ1) is 14.5. The molecule has 1 saturated carbocycles. The van der Waals surface area contributed by atoms with E-state index < -0.39 is 0 Å². The van der Waals surface area contributed by atoms with E-state index in [-0.39, 0.29) is 0 Å². The van der Waals surface area contributed by atoms with Gasteiger partial charge in [-0.1, -0.05) is 30.0 Å². The first-order chi connectivity index (χ1) is 10.2. The average molecular weight is 299 g/mol.